The van der Waals surface area contributed by atoms with Crippen LogP contribution in [0.25, 0.3) is 11.1 Å². The minimum absolute atomic E-state index is 0.0138. The lowest BCUT2D eigenvalue weighted by Gasteiger charge is -2.12. The van der Waals surface area contributed by atoms with Crippen molar-refractivity contribution in [1.82, 2.24) is 4.98 Å². The highest BCUT2D eigenvalue weighted by atomic mass is 19.4. The molecule has 0 saturated heterocycles. The fraction of sp³-hybridized carbons (Fsp3) is 0.0833. The quantitative estimate of drug-likeness (QED) is 0.881. The number of hydrogen-bond donors (Lipinski definition) is 2. The van der Waals surface area contributed by atoms with Crippen molar-refractivity contribution in [3.05, 3.63) is 46.9 Å². The fourth-order valence-electron chi connectivity index (χ4n) is 1.60. The van der Waals surface area contributed by atoms with Gasteiger partial charge in [0.05, 0.1) is 11.3 Å². The molecule has 2 aromatic rings. The van der Waals surface area contributed by atoms with Crippen molar-refractivity contribution in [3.63, 3.8) is 0 Å². The summed E-state index contributed by atoms with van der Waals surface area (Å²) in [4.78, 5) is 14.4. The lowest BCUT2D eigenvalue weighted by molar-refractivity contribution is -0.274. The largest absolute Gasteiger partial charge is 0.573 e. The predicted octanol–water partition coefficient (Wildman–Crippen LogP) is 2.52. The number of ether oxygens (including phenoxy) is 1. The van der Waals surface area contributed by atoms with Gasteiger partial charge >= 0.3 is 6.36 Å². The molecule has 0 unspecified atom stereocenters. The van der Waals surface area contributed by atoms with Crippen molar-refractivity contribution >= 4 is 5.69 Å². The van der Waals surface area contributed by atoms with E-state index in [1.165, 1.54) is 30.6 Å². The number of aromatic amines is 1. The Hall–Kier alpha value is -2.44. The van der Waals surface area contributed by atoms with Crippen LogP contribution in [0.15, 0.2) is 41.5 Å². The molecule has 1 heterocycles. The Balaban J connectivity index is 2.57. The van der Waals surface area contributed by atoms with Gasteiger partial charge < -0.3 is 15.5 Å². The van der Waals surface area contributed by atoms with Gasteiger partial charge in [-0.2, -0.15) is 0 Å². The van der Waals surface area contributed by atoms with Crippen LogP contribution < -0.4 is 15.9 Å². The molecule has 0 saturated carbocycles. The van der Waals surface area contributed by atoms with E-state index in [4.69, 9.17) is 5.73 Å². The predicted molar refractivity (Wildman–Crippen MR) is 63.6 cm³/mol. The highest BCUT2D eigenvalue weighted by Gasteiger charge is 2.32. The maximum atomic E-state index is 12.3. The summed E-state index contributed by atoms with van der Waals surface area (Å²) < 4.78 is 40.7. The second-order valence-corrected chi connectivity index (χ2v) is 3.70. The number of nitrogens with two attached hydrogens (primary N) is 1. The van der Waals surface area contributed by atoms with Crippen LogP contribution in [0.2, 0.25) is 0 Å². The van der Waals surface area contributed by atoms with Gasteiger partial charge in [0.2, 0.25) is 5.43 Å². The number of anilines is 1. The Morgan fingerprint density at radius 2 is 1.79 bits per heavy atom. The van der Waals surface area contributed by atoms with E-state index in [0.717, 1.165) is 6.07 Å². The molecular formula is C12H9F3N2O2. The third-order valence-corrected chi connectivity index (χ3v) is 2.38. The van der Waals surface area contributed by atoms with Crippen molar-refractivity contribution in [2.75, 3.05) is 5.73 Å². The first-order chi connectivity index (χ1) is 8.88. The van der Waals surface area contributed by atoms with Crippen molar-refractivity contribution in [3.8, 4) is 16.9 Å². The molecule has 0 aliphatic rings. The first-order valence-electron chi connectivity index (χ1n) is 5.20. The molecule has 0 radical (unpaired) electrons. The normalized spacial score (nSPS) is 11.3. The Kier molecular flexibility index (Phi) is 3.20. The van der Waals surface area contributed by atoms with E-state index < -0.39 is 17.5 Å². The number of rotatable bonds is 2. The molecule has 4 nitrogen and oxygen atoms in total. The summed E-state index contributed by atoms with van der Waals surface area (Å²) in [5.74, 6) is -0.453. The summed E-state index contributed by atoms with van der Waals surface area (Å²) in [6, 6.07) is 5.36. The molecule has 0 fully saturated rings. The number of nitrogens with one attached hydrogen (secondary N) is 1. The third kappa shape index (κ3) is 2.87. The summed E-state index contributed by atoms with van der Waals surface area (Å²) in [5.41, 5.74) is 4.82. The number of nitrogen functional groups attached to an aromatic ring is 1. The summed E-state index contributed by atoms with van der Waals surface area (Å²) >= 11 is 0. The molecule has 3 N–H and O–H groups in total. The SMILES string of the molecule is Nc1c[nH]cc(-c2ccccc2OC(F)(F)F)c1=O. The maximum absolute atomic E-state index is 12.3. The van der Waals surface area contributed by atoms with Crippen LogP contribution in [-0.4, -0.2) is 11.3 Å². The van der Waals surface area contributed by atoms with Gasteiger partial charge in [-0.15, -0.1) is 13.2 Å². The smallest absolute Gasteiger partial charge is 0.405 e. The van der Waals surface area contributed by atoms with E-state index in [0.29, 0.717) is 0 Å². The molecule has 0 aliphatic heterocycles. The van der Waals surface area contributed by atoms with Crippen molar-refractivity contribution in [2.45, 2.75) is 6.36 Å². The molecule has 1 aromatic heterocycles. The average Bonchev–Trinajstić information content (AvgIpc) is 2.32. The van der Waals surface area contributed by atoms with Crippen LogP contribution in [0.5, 0.6) is 5.75 Å². The van der Waals surface area contributed by atoms with Gasteiger partial charge in [-0.05, 0) is 6.07 Å². The Morgan fingerprint density at radius 3 is 2.47 bits per heavy atom. The summed E-state index contributed by atoms with van der Waals surface area (Å²) in [7, 11) is 0. The van der Waals surface area contributed by atoms with E-state index in [1.54, 1.807) is 0 Å². The Labute approximate surface area is 105 Å². The van der Waals surface area contributed by atoms with E-state index in [2.05, 4.69) is 9.72 Å². The van der Waals surface area contributed by atoms with Crippen molar-refractivity contribution in [2.24, 2.45) is 0 Å². The number of H-pyrrole nitrogens is 1. The zero-order valence-corrected chi connectivity index (χ0v) is 9.49. The van der Waals surface area contributed by atoms with Gasteiger partial charge in [0.25, 0.3) is 0 Å². The molecule has 7 heteroatoms. The van der Waals surface area contributed by atoms with E-state index in [9.17, 15) is 18.0 Å². The van der Waals surface area contributed by atoms with Crippen LogP contribution in [0.3, 0.4) is 0 Å². The molecular weight excluding hydrogens is 261 g/mol. The van der Waals surface area contributed by atoms with E-state index in [1.807, 2.05) is 0 Å². The molecule has 0 aliphatic carbocycles. The summed E-state index contributed by atoms with van der Waals surface area (Å²) in [5, 5.41) is 0. The molecule has 0 atom stereocenters. The molecule has 0 bridgehead atoms. The van der Waals surface area contributed by atoms with Gasteiger partial charge in [0, 0.05) is 18.0 Å². The highest BCUT2D eigenvalue weighted by Crippen LogP contribution is 2.32. The second kappa shape index (κ2) is 4.68. The lowest BCUT2D eigenvalue weighted by Crippen LogP contribution is -2.18. The maximum Gasteiger partial charge on any atom is 0.573 e. The molecule has 2 rings (SSSR count). The molecule has 19 heavy (non-hydrogen) atoms. The first-order valence-corrected chi connectivity index (χ1v) is 5.20. The summed E-state index contributed by atoms with van der Waals surface area (Å²) in [6.45, 7) is 0. The number of benzene rings is 1. The zero-order chi connectivity index (χ0) is 14.0. The molecule has 1 aromatic carbocycles. The van der Waals surface area contributed by atoms with Crippen LogP contribution in [0, 0.1) is 0 Å². The molecule has 100 valence electrons. The Morgan fingerprint density at radius 1 is 1.11 bits per heavy atom. The number of aromatic nitrogens is 1. The number of alkyl halides is 3. The first kappa shape index (κ1) is 13.0. The average molecular weight is 270 g/mol. The van der Waals surface area contributed by atoms with Crippen molar-refractivity contribution in [1.29, 1.82) is 0 Å². The van der Waals surface area contributed by atoms with Gasteiger partial charge in [-0.1, -0.05) is 18.2 Å². The number of halogens is 3. The van der Waals surface area contributed by atoms with Gasteiger partial charge in [-0.25, -0.2) is 0 Å². The Bertz CT molecular complexity index is 650. The number of para-hydroxylation sites is 1. The van der Waals surface area contributed by atoms with Crippen LogP contribution in [0.4, 0.5) is 18.9 Å². The summed E-state index contributed by atoms with van der Waals surface area (Å²) in [6.07, 6.45) is -2.29. The number of hydrogen-bond acceptors (Lipinski definition) is 3. The standard InChI is InChI=1S/C12H9F3N2O2/c13-12(14,15)19-10-4-2-1-3-7(10)8-5-17-6-9(16)11(8)18/h1-6H,16H2,(H,17,18). The highest BCUT2D eigenvalue weighted by molar-refractivity contribution is 5.71. The molecule has 0 spiro atoms. The second-order valence-electron chi connectivity index (χ2n) is 3.70. The lowest BCUT2D eigenvalue weighted by atomic mass is 10.1. The van der Waals surface area contributed by atoms with Gasteiger partial charge in [0.15, 0.2) is 0 Å². The number of pyridine rings is 1. The van der Waals surface area contributed by atoms with Gasteiger partial charge in [-0.3, -0.25) is 4.79 Å². The topological polar surface area (TPSA) is 68.1 Å². The van der Waals surface area contributed by atoms with Crippen LogP contribution in [0.1, 0.15) is 0 Å². The minimum atomic E-state index is -4.83. The van der Waals surface area contributed by atoms with E-state index in [-0.39, 0.29) is 16.8 Å². The zero-order valence-electron chi connectivity index (χ0n) is 9.49. The van der Waals surface area contributed by atoms with E-state index >= 15 is 0 Å². The van der Waals surface area contributed by atoms with Gasteiger partial charge in [0.1, 0.15) is 5.75 Å². The molecule has 0 amide bonds. The van der Waals surface area contributed by atoms with Crippen LogP contribution >= 0.6 is 0 Å². The fourth-order valence-corrected chi connectivity index (χ4v) is 1.60. The van der Waals surface area contributed by atoms with Crippen LogP contribution in [-0.2, 0) is 0 Å². The van der Waals surface area contributed by atoms with Crippen molar-refractivity contribution < 1.29 is 17.9 Å². The minimum Gasteiger partial charge on any atom is -0.405 e. The third-order valence-electron chi connectivity index (χ3n) is 2.38. The monoisotopic (exact) mass is 270 g/mol.